The zero-order chi connectivity index (χ0) is 17.9. The van der Waals surface area contributed by atoms with Crippen molar-refractivity contribution >= 4 is 52.2 Å². The summed E-state index contributed by atoms with van der Waals surface area (Å²) in [5.74, 6) is 0.798. The first kappa shape index (κ1) is 21.1. The summed E-state index contributed by atoms with van der Waals surface area (Å²) < 4.78 is 16.1. The van der Waals surface area contributed by atoms with Gasteiger partial charge in [-0.25, -0.2) is 0 Å². The lowest BCUT2D eigenvalue weighted by atomic mass is 10.3. The van der Waals surface area contributed by atoms with Crippen LogP contribution in [0.5, 0.6) is 11.5 Å². The van der Waals surface area contributed by atoms with Gasteiger partial charge in [0.15, 0.2) is 11.5 Å². The first-order chi connectivity index (χ1) is 11.4. The SMILES string of the molecule is CC(=O)COC/C=C/COc1c(Cl)cc(OCC=C(Cl)Cl)cc1Cl. The summed E-state index contributed by atoms with van der Waals surface area (Å²) in [4.78, 5) is 10.7. The summed E-state index contributed by atoms with van der Waals surface area (Å²) in [5, 5.41) is 0.638. The van der Waals surface area contributed by atoms with E-state index in [2.05, 4.69) is 0 Å². The number of benzene rings is 1. The third-order valence-corrected chi connectivity index (χ3v) is 3.34. The second-order valence-corrected chi connectivity index (χ2v) is 6.34. The van der Waals surface area contributed by atoms with Crippen LogP contribution >= 0.6 is 46.4 Å². The van der Waals surface area contributed by atoms with Gasteiger partial charge in [-0.3, -0.25) is 4.79 Å². The highest BCUT2D eigenvalue weighted by Gasteiger charge is 2.10. The number of carbonyl (C=O) groups is 1. The molecule has 0 aliphatic heterocycles. The van der Waals surface area contributed by atoms with Crippen LogP contribution in [0, 0.1) is 0 Å². The van der Waals surface area contributed by atoms with E-state index in [1.165, 1.54) is 13.0 Å². The van der Waals surface area contributed by atoms with Gasteiger partial charge in [-0.2, -0.15) is 0 Å². The molecule has 24 heavy (non-hydrogen) atoms. The van der Waals surface area contributed by atoms with Crippen molar-refractivity contribution in [2.75, 3.05) is 26.4 Å². The minimum Gasteiger partial charge on any atom is -0.489 e. The van der Waals surface area contributed by atoms with Gasteiger partial charge in [-0.05, 0) is 19.1 Å². The molecule has 0 bridgehead atoms. The van der Waals surface area contributed by atoms with Crippen LogP contribution in [-0.2, 0) is 9.53 Å². The van der Waals surface area contributed by atoms with Crippen LogP contribution in [0.15, 0.2) is 34.9 Å². The lowest BCUT2D eigenvalue weighted by molar-refractivity contribution is -0.121. The Morgan fingerprint density at radius 3 is 2.25 bits per heavy atom. The number of ketones is 1. The highest BCUT2D eigenvalue weighted by molar-refractivity contribution is 6.55. The normalized spacial score (nSPS) is 10.7. The molecule has 0 aromatic heterocycles. The van der Waals surface area contributed by atoms with E-state index >= 15 is 0 Å². The molecule has 0 spiro atoms. The van der Waals surface area contributed by atoms with E-state index in [0.717, 1.165) is 0 Å². The van der Waals surface area contributed by atoms with E-state index in [0.29, 0.717) is 28.2 Å². The largest absolute Gasteiger partial charge is 0.489 e. The van der Waals surface area contributed by atoms with Crippen molar-refractivity contribution in [2.24, 2.45) is 0 Å². The predicted octanol–water partition coefficient (Wildman–Crippen LogP) is 5.23. The monoisotopic (exact) mass is 412 g/mol. The molecule has 0 N–H and O–H groups in total. The van der Waals surface area contributed by atoms with E-state index in [9.17, 15) is 4.79 Å². The van der Waals surface area contributed by atoms with Crippen LogP contribution in [0.4, 0.5) is 0 Å². The number of Topliss-reactive ketones (excluding diaryl/α,β-unsaturated/α-hetero) is 1. The molecule has 0 unspecified atom stereocenters. The summed E-state index contributed by atoms with van der Waals surface area (Å²) in [6.45, 7) is 2.33. The van der Waals surface area contributed by atoms with Crippen LogP contribution in [0.1, 0.15) is 6.92 Å². The molecule has 0 amide bonds. The summed E-state index contributed by atoms with van der Waals surface area (Å²) in [6, 6.07) is 3.16. The van der Waals surface area contributed by atoms with Crippen LogP contribution in [0.2, 0.25) is 10.0 Å². The molecule has 0 aliphatic rings. The molecule has 0 radical (unpaired) electrons. The van der Waals surface area contributed by atoms with Crippen molar-refractivity contribution in [2.45, 2.75) is 6.92 Å². The van der Waals surface area contributed by atoms with Crippen molar-refractivity contribution in [3.8, 4) is 11.5 Å². The molecule has 0 heterocycles. The number of halogens is 4. The molecular formula is C16H16Cl4O4. The smallest absolute Gasteiger partial charge is 0.157 e. The van der Waals surface area contributed by atoms with Crippen molar-refractivity contribution in [1.82, 2.24) is 0 Å². The maximum Gasteiger partial charge on any atom is 0.157 e. The maximum absolute atomic E-state index is 10.7. The first-order valence-electron chi connectivity index (χ1n) is 6.88. The van der Waals surface area contributed by atoms with E-state index in [4.69, 9.17) is 60.6 Å². The molecule has 1 aromatic carbocycles. The third kappa shape index (κ3) is 8.81. The minimum absolute atomic E-state index is 0.0238. The number of ether oxygens (including phenoxy) is 3. The highest BCUT2D eigenvalue weighted by Crippen LogP contribution is 2.37. The lowest BCUT2D eigenvalue weighted by Crippen LogP contribution is -2.03. The van der Waals surface area contributed by atoms with E-state index in [1.807, 2.05) is 0 Å². The lowest BCUT2D eigenvalue weighted by Gasteiger charge is -2.11. The predicted molar refractivity (Wildman–Crippen MR) is 97.9 cm³/mol. The summed E-state index contributed by atoms with van der Waals surface area (Å²) in [5.41, 5.74) is 0. The Morgan fingerprint density at radius 1 is 1.04 bits per heavy atom. The van der Waals surface area contributed by atoms with Gasteiger partial charge in [-0.15, -0.1) is 0 Å². The Balaban J connectivity index is 2.49. The Labute approximate surface area is 160 Å². The number of carbonyl (C=O) groups excluding carboxylic acids is 1. The van der Waals surface area contributed by atoms with E-state index < -0.39 is 0 Å². The molecule has 8 heteroatoms. The van der Waals surface area contributed by atoms with Gasteiger partial charge >= 0.3 is 0 Å². The minimum atomic E-state index is -0.0238. The average molecular weight is 414 g/mol. The topological polar surface area (TPSA) is 44.8 Å². The van der Waals surface area contributed by atoms with Crippen LogP contribution in [0.3, 0.4) is 0 Å². The Bertz CT molecular complexity index is 587. The second kappa shape index (κ2) is 11.6. The van der Waals surface area contributed by atoms with Gasteiger partial charge in [0.2, 0.25) is 0 Å². The average Bonchev–Trinajstić information content (AvgIpc) is 2.47. The highest BCUT2D eigenvalue weighted by atomic mass is 35.5. The number of hydrogen-bond acceptors (Lipinski definition) is 4. The summed E-state index contributed by atoms with van der Waals surface area (Å²) in [7, 11) is 0. The Hall–Kier alpha value is -0.910. The van der Waals surface area contributed by atoms with E-state index in [-0.39, 0.29) is 30.1 Å². The van der Waals surface area contributed by atoms with Crippen LogP contribution in [0.25, 0.3) is 0 Å². The third-order valence-electron chi connectivity index (χ3n) is 2.47. The first-order valence-corrected chi connectivity index (χ1v) is 8.39. The fourth-order valence-corrected chi connectivity index (χ4v) is 2.20. The molecule has 0 saturated heterocycles. The zero-order valence-electron chi connectivity index (χ0n) is 12.9. The number of hydrogen-bond donors (Lipinski definition) is 0. The van der Waals surface area contributed by atoms with Gasteiger partial charge < -0.3 is 14.2 Å². The molecular weight excluding hydrogens is 398 g/mol. The molecule has 4 nitrogen and oxygen atoms in total. The van der Waals surface area contributed by atoms with Gasteiger partial charge in [-0.1, -0.05) is 52.5 Å². The molecule has 1 aromatic rings. The van der Waals surface area contributed by atoms with Crippen LogP contribution in [-0.4, -0.2) is 32.2 Å². The fraction of sp³-hybridized carbons (Fsp3) is 0.312. The molecule has 0 saturated carbocycles. The van der Waals surface area contributed by atoms with Gasteiger partial charge in [0.1, 0.15) is 30.1 Å². The molecule has 132 valence electrons. The van der Waals surface area contributed by atoms with Gasteiger partial charge in [0.05, 0.1) is 16.7 Å². The van der Waals surface area contributed by atoms with Crippen molar-refractivity contribution in [3.05, 3.63) is 44.9 Å². The van der Waals surface area contributed by atoms with E-state index in [1.54, 1.807) is 24.3 Å². The fourth-order valence-electron chi connectivity index (χ4n) is 1.50. The van der Waals surface area contributed by atoms with Crippen molar-refractivity contribution in [1.29, 1.82) is 0 Å². The summed E-state index contributed by atoms with van der Waals surface area (Å²) >= 11 is 23.2. The molecule has 0 aliphatic carbocycles. The van der Waals surface area contributed by atoms with Gasteiger partial charge in [0.25, 0.3) is 0 Å². The Morgan fingerprint density at radius 2 is 1.67 bits per heavy atom. The number of rotatable bonds is 10. The molecule has 0 atom stereocenters. The van der Waals surface area contributed by atoms with Crippen molar-refractivity contribution < 1.29 is 19.0 Å². The standard InChI is InChI=1S/C16H16Cl4O4/c1-11(21)10-22-5-2-3-6-24-16-13(17)8-12(9-14(16)18)23-7-4-15(19)20/h2-4,8-9H,5-7,10H2,1H3/b3-2+. The zero-order valence-corrected chi connectivity index (χ0v) is 15.9. The maximum atomic E-state index is 10.7. The quantitative estimate of drug-likeness (QED) is 0.389. The summed E-state index contributed by atoms with van der Waals surface area (Å²) in [6.07, 6.45) is 4.98. The second-order valence-electron chi connectivity index (χ2n) is 4.52. The molecule has 0 fully saturated rings. The van der Waals surface area contributed by atoms with Gasteiger partial charge in [0, 0.05) is 12.1 Å². The van der Waals surface area contributed by atoms with Crippen LogP contribution < -0.4 is 9.47 Å². The van der Waals surface area contributed by atoms with Crippen molar-refractivity contribution in [3.63, 3.8) is 0 Å². The Kier molecular flexibility index (Phi) is 10.2. The molecule has 1 rings (SSSR count).